The van der Waals surface area contributed by atoms with Crippen LogP contribution in [0.2, 0.25) is 0 Å². The van der Waals surface area contributed by atoms with Crippen molar-refractivity contribution in [2.24, 2.45) is 10.9 Å². The number of Topliss-reactive ketones (excluding diaryl/α,β-unsaturated/α-hetero) is 1. The van der Waals surface area contributed by atoms with Crippen molar-refractivity contribution in [2.75, 3.05) is 6.54 Å². The fourth-order valence-electron chi connectivity index (χ4n) is 1.70. The molecule has 2 heteroatoms. The number of dihydropyridines is 1. The Morgan fingerprint density at radius 1 is 1.45 bits per heavy atom. The molecule has 0 aromatic carbocycles. The number of allylic oxidation sites excluding steroid dienone is 1. The van der Waals surface area contributed by atoms with Crippen molar-refractivity contribution in [2.45, 2.75) is 19.3 Å². The maximum Gasteiger partial charge on any atom is 0.145 e. The Bertz CT molecular complexity index is 240. The van der Waals surface area contributed by atoms with Gasteiger partial charge in [0.1, 0.15) is 5.78 Å². The summed E-state index contributed by atoms with van der Waals surface area (Å²) in [7, 11) is 0. The molecule has 2 nitrogen and oxygen atoms in total. The van der Waals surface area contributed by atoms with E-state index in [0.717, 1.165) is 31.5 Å². The van der Waals surface area contributed by atoms with Crippen LogP contribution < -0.4 is 0 Å². The number of carbonyl (C=O) groups is 1. The molecule has 1 unspecified atom stereocenters. The zero-order valence-corrected chi connectivity index (χ0v) is 6.42. The fourth-order valence-corrected chi connectivity index (χ4v) is 1.70. The Hall–Kier alpha value is -0.920. The van der Waals surface area contributed by atoms with Crippen LogP contribution in [0.1, 0.15) is 19.3 Å². The average molecular weight is 149 g/mol. The van der Waals surface area contributed by atoms with Crippen molar-refractivity contribution >= 4 is 11.5 Å². The Labute approximate surface area is 66.0 Å². The number of ketones is 1. The molecule has 1 heterocycles. The minimum Gasteiger partial charge on any atom is -0.299 e. The van der Waals surface area contributed by atoms with Gasteiger partial charge in [-0.05, 0) is 12.8 Å². The second kappa shape index (κ2) is 2.61. The smallest absolute Gasteiger partial charge is 0.145 e. The standard InChI is InChI=1S/C9H11NO/c11-9-5-1-4-8-7(9)3-2-6-10-8/h2-3,7H,1,4-6H2. The summed E-state index contributed by atoms with van der Waals surface area (Å²) in [6.07, 6.45) is 6.76. The van der Waals surface area contributed by atoms with Gasteiger partial charge in [-0.3, -0.25) is 9.79 Å². The molecule has 0 spiro atoms. The summed E-state index contributed by atoms with van der Waals surface area (Å²) in [5.41, 5.74) is 1.11. The van der Waals surface area contributed by atoms with E-state index >= 15 is 0 Å². The van der Waals surface area contributed by atoms with Crippen molar-refractivity contribution in [3.8, 4) is 0 Å². The summed E-state index contributed by atoms with van der Waals surface area (Å²) in [5, 5.41) is 0. The number of nitrogens with zero attached hydrogens (tertiary/aromatic N) is 1. The van der Waals surface area contributed by atoms with E-state index in [-0.39, 0.29) is 5.92 Å². The predicted octanol–water partition coefficient (Wildman–Crippen LogP) is 1.37. The van der Waals surface area contributed by atoms with Crippen LogP contribution in [0.5, 0.6) is 0 Å². The molecule has 2 rings (SSSR count). The molecule has 0 bridgehead atoms. The van der Waals surface area contributed by atoms with E-state index in [4.69, 9.17) is 0 Å². The Kier molecular flexibility index (Phi) is 1.60. The average Bonchev–Trinajstić information content (AvgIpc) is 2.06. The number of hydrogen-bond acceptors (Lipinski definition) is 2. The molecule has 0 radical (unpaired) electrons. The monoisotopic (exact) mass is 149 g/mol. The first-order chi connectivity index (χ1) is 5.38. The molecule has 1 saturated carbocycles. The highest BCUT2D eigenvalue weighted by Crippen LogP contribution is 2.21. The lowest BCUT2D eigenvalue weighted by atomic mass is 9.85. The summed E-state index contributed by atoms with van der Waals surface area (Å²) in [4.78, 5) is 15.6. The molecule has 0 amide bonds. The lowest BCUT2D eigenvalue weighted by Crippen LogP contribution is -2.28. The Morgan fingerprint density at radius 3 is 3.18 bits per heavy atom. The highest BCUT2D eigenvalue weighted by Gasteiger charge is 2.26. The Balaban J connectivity index is 2.24. The van der Waals surface area contributed by atoms with Gasteiger partial charge in [0.15, 0.2) is 0 Å². The van der Waals surface area contributed by atoms with Gasteiger partial charge in [0.2, 0.25) is 0 Å². The third-order valence-corrected chi connectivity index (χ3v) is 2.29. The first-order valence-electron chi connectivity index (χ1n) is 4.10. The highest BCUT2D eigenvalue weighted by atomic mass is 16.1. The molecule has 0 N–H and O–H groups in total. The molecule has 1 aliphatic heterocycles. The minimum atomic E-state index is 0.0532. The summed E-state index contributed by atoms with van der Waals surface area (Å²) < 4.78 is 0. The van der Waals surface area contributed by atoms with Crippen molar-refractivity contribution in [3.05, 3.63) is 12.2 Å². The molecule has 11 heavy (non-hydrogen) atoms. The van der Waals surface area contributed by atoms with Crippen LogP contribution in [0.4, 0.5) is 0 Å². The van der Waals surface area contributed by atoms with Gasteiger partial charge in [-0.25, -0.2) is 0 Å². The van der Waals surface area contributed by atoms with Crippen LogP contribution in [0.3, 0.4) is 0 Å². The summed E-state index contributed by atoms with van der Waals surface area (Å²) >= 11 is 0. The van der Waals surface area contributed by atoms with Crippen LogP contribution in [0.25, 0.3) is 0 Å². The van der Waals surface area contributed by atoms with E-state index in [0.29, 0.717) is 5.78 Å². The molecule has 0 saturated heterocycles. The first-order valence-corrected chi connectivity index (χ1v) is 4.10. The number of fused-ring (bicyclic) bond motifs is 1. The Morgan fingerprint density at radius 2 is 2.36 bits per heavy atom. The van der Waals surface area contributed by atoms with E-state index in [1.807, 2.05) is 12.2 Å². The van der Waals surface area contributed by atoms with Crippen LogP contribution >= 0.6 is 0 Å². The topological polar surface area (TPSA) is 29.4 Å². The molecule has 58 valence electrons. The van der Waals surface area contributed by atoms with E-state index < -0.39 is 0 Å². The molecule has 1 aliphatic carbocycles. The summed E-state index contributed by atoms with van der Waals surface area (Å²) in [5.74, 6) is 0.406. The highest BCUT2D eigenvalue weighted by molar-refractivity contribution is 6.09. The molecule has 1 atom stereocenters. The van der Waals surface area contributed by atoms with Gasteiger partial charge >= 0.3 is 0 Å². The maximum atomic E-state index is 11.3. The predicted molar refractivity (Wildman–Crippen MR) is 43.8 cm³/mol. The molecule has 1 fully saturated rings. The third kappa shape index (κ3) is 1.13. The number of hydrogen-bond donors (Lipinski definition) is 0. The van der Waals surface area contributed by atoms with Gasteiger partial charge in [0.05, 0.1) is 12.5 Å². The summed E-state index contributed by atoms with van der Waals surface area (Å²) in [6, 6.07) is 0. The van der Waals surface area contributed by atoms with Crippen molar-refractivity contribution in [3.63, 3.8) is 0 Å². The zero-order chi connectivity index (χ0) is 7.68. The second-order valence-electron chi connectivity index (χ2n) is 3.06. The van der Waals surface area contributed by atoms with Crippen LogP contribution in [-0.4, -0.2) is 18.0 Å². The molecule has 0 aromatic heterocycles. The zero-order valence-electron chi connectivity index (χ0n) is 6.42. The van der Waals surface area contributed by atoms with E-state index in [1.54, 1.807) is 0 Å². The second-order valence-corrected chi connectivity index (χ2v) is 3.06. The van der Waals surface area contributed by atoms with E-state index in [2.05, 4.69) is 4.99 Å². The quantitative estimate of drug-likeness (QED) is 0.478. The van der Waals surface area contributed by atoms with Crippen molar-refractivity contribution in [1.82, 2.24) is 0 Å². The van der Waals surface area contributed by atoms with E-state index in [1.165, 1.54) is 0 Å². The van der Waals surface area contributed by atoms with Crippen LogP contribution in [0, 0.1) is 5.92 Å². The third-order valence-electron chi connectivity index (χ3n) is 2.29. The number of rotatable bonds is 0. The lowest BCUT2D eigenvalue weighted by molar-refractivity contribution is -0.120. The SMILES string of the molecule is O=C1CCCC2=NCC=CC12. The molecular formula is C9H11NO. The number of carbonyl (C=O) groups excluding carboxylic acids is 1. The van der Waals surface area contributed by atoms with Crippen molar-refractivity contribution in [1.29, 1.82) is 0 Å². The minimum absolute atomic E-state index is 0.0532. The number of aliphatic imine (C=N–C) groups is 1. The van der Waals surface area contributed by atoms with Gasteiger partial charge in [0.25, 0.3) is 0 Å². The van der Waals surface area contributed by atoms with Gasteiger partial charge in [-0.2, -0.15) is 0 Å². The van der Waals surface area contributed by atoms with Crippen LogP contribution in [0.15, 0.2) is 17.1 Å². The fraction of sp³-hybridized carbons (Fsp3) is 0.556. The van der Waals surface area contributed by atoms with Gasteiger partial charge < -0.3 is 0 Å². The van der Waals surface area contributed by atoms with Gasteiger partial charge in [-0.15, -0.1) is 0 Å². The van der Waals surface area contributed by atoms with Gasteiger partial charge in [0, 0.05) is 12.1 Å². The first kappa shape index (κ1) is 6.77. The van der Waals surface area contributed by atoms with Gasteiger partial charge in [-0.1, -0.05) is 12.2 Å². The molecule has 2 aliphatic rings. The largest absolute Gasteiger partial charge is 0.299 e. The molecular weight excluding hydrogens is 138 g/mol. The lowest BCUT2D eigenvalue weighted by Gasteiger charge is -2.22. The van der Waals surface area contributed by atoms with E-state index in [9.17, 15) is 4.79 Å². The van der Waals surface area contributed by atoms with Crippen LogP contribution in [-0.2, 0) is 4.79 Å². The molecule has 0 aromatic rings. The summed E-state index contributed by atoms with van der Waals surface area (Å²) in [6.45, 7) is 0.777. The normalized spacial score (nSPS) is 29.6. The van der Waals surface area contributed by atoms with Crippen molar-refractivity contribution < 1.29 is 4.79 Å². The maximum absolute atomic E-state index is 11.3.